The van der Waals surface area contributed by atoms with Crippen molar-refractivity contribution in [2.24, 2.45) is 5.92 Å². The summed E-state index contributed by atoms with van der Waals surface area (Å²) in [7, 11) is 0. The van der Waals surface area contributed by atoms with E-state index in [1.165, 1.54) is 24.2 Å². The highest BCUT2D eigenvalue weighted by Gasteiger charge is 2.22. The van der Waals surface area contributed by atoms with Crippen LogP contribution in [0.2, 0.25) is 0 Å². The third kappa shape index (κ3) is 3.62. The third-order valence-electron chi connectivity index (χ3n) is 3.43. The molecular formula is C14H24N4OS. The van der Waals surface area contributed by atoms with E-state index in [0.29, 0.717) is 16.6 Å². The number of nitrogens with one attached hydrogen (secondary N) is 1. The van der Waals surface area contributed by atoms with Gasteiger partial charge in [-0.1, -0.05) is 25.2 Å². The van der Waals surface area contributed by atoms with Crippen LogP contribution in [-0.4, -0.2) is 30.0 Å². The van der Waals surface area contributed by atoms with E-state index in [2.05, 4.69) is 29.0 Å². The predicted octanol–water partition coefficient (Wildman–Crippen LogP) is 2.49. The number of nitrogens with zero attached hydrogens (tertiary/aromatic N) is 2. The SMILES string of the molecule is CC(C)CC(C)NC(=O)c1sc(N2CCCC2)nc1N. The Bertz CT molecular complexity index is 466. The van der Waals surface area contributed by atoms with Gasteiger partial charge in [0.1, 0.15) is 10.7 Å². The van der Waals surface area contributed by atoms with Crippen molar-refractivity contribution >= 4 is 28.2 Å². The summed E-state index contributed by atoms with van der Waals surface area (Å²) in [5.41, 5.74) is 5.90. The van der Waals surface area contributed by atoms with E-state index in [0.717, 1.165) is 24.6 Å². The minimum atomic E-state index is -0.0985. The fourth-order valence-corrected chi connectivity index (χ4v) is 3.52. The second-order valence-electron chi connectivity index (χ2n) is 5.91. The molecule has 112 valence electrons. The lowest BCUT2D eigenvalue weighted by Crippen LogP contribution is -2.33. The number of carbonyl (C=O) groups excluding carboxylic acids is 1. The lowest BCUT2D eigenvalue weighted by atomic mass is 10.1. The number of thiazole rings is 1. The molecule has 6 heteroatoms. The molecule has 1 saturated heterocycles. The Balaban J connectivity index is 2.02. The maximum atomic E-state index is 12.2. The van der Waals surface area contributed by atoms with Gasteiger partial charge >= 0.3 is 0 Å². The van der Waals surface area contributed by atoms with Crippen molar-refractivity contribution in [3.05, 3.63) is 4.88 Å². The predicted molar refractivity (Wildman–Crippen MR) is 84.4 cm³/mol. The van der Waals surface area contributed by atoms with E-state index in [4.69, 9.17) is 5.73 Å². The lowest BCUT2D eigenvalue weighted by Gasteiger charge is -2.15. The van der Waals surface area contributed by atoms with E-state index in [-0.39, 0.29) is 11.9 Å². The summed E-state index contributed by atoms with van der Waals surface area (Å²) in [5, 5.41) is 3.88. The number of hydrogen-bond donors (Lipinski definition) is 2. The number of anilines is 2. The number of aromatic nitrogens is 1. The van der Waals surface area contributed by atoms with Crippen molar-refractivity contribution in [1.82, 2.24) is 10.3 Å². The zero-order valence-electron chi connectivity index (χ0n) is 12.5. The normalized spacial score (nSPS) is 16.7. The topological polar surface area (TPSA) is 71.2 Å². The maximum Gasteiger partial charge on any atom is 0.265 e. The van der Waals surface area contributed by atoms with Crippen molar-refractivity contribution in [3.63, 3.8) is 0 Å². The summed E-state index contributed by atoms with van der Waals surface area (Å²) >= 11 is 1.40. The average Bonchev–Trinajstić information content (AvgIpc) is 2.95. The minimum absolute atomic E-state index is 0.0985. The Morgan fingerprint density at radius 3 is 2.65 bits per heavy atom. The summed E-state index contributed by atoms with van der Waals surface area (Å²) in [6.45, 7) is 8.34. The quantitative estimate of drug-likeness (QED) is 0.875. The van der Waals surface area contributed by atoms with Crippen LogP contribution >= 0.6 is 11.3 Å². The van der Waals surface area contributed by atoms with Crippen LogP contribution in [0, 0.1) is 5.92 Å². The fraction of sp³-hybridized carbons (Fsp3) is 0.714. The third-order valence-corrected chi connectivity index (χ3v) is 4.56. The molecule has 3 N–H and O–H groups in total. The summed E-state index contributed by atoms with van der Waals surface area (Å²) in [6.07, 6.45) is 3.34. The number of nitrogens with two attached hydrogens (primary N) is 1. The molecule has 0 aliphatic carbocycles. The second kappa shape index (κ2) is 6.43. The van der Waals surface area contributed by atoms with Crippen molar-refractivity contribution in [1.29, 1.82) is 0 Å². The van der Waals surface area contributed by atoms with Crippen LogP contribution in [0.3, 0.4) is 0 Å². The van der Waals surface area contributed by atoms with Gasteiger partial charge in [0.15, 0.2) is 5.13 Å². The van der Waals surface area contributed by atoms with Gasteiger partial charge in [0.2, 0.25) is 0 Å². The second-order valence-corrected chi connectivity index (χ2v) is 6.89. The molecule has 2 rings (SSSR count). The zero-order valence-corrected chi connectivity index (χ0v) is 13.3. The Labute approximate surface area is 124 Å². The first-order valence-electron chi connectivity index (χ1n) is 7.29. The minimum Gasteiger partial charge on any atom is -0.382 e. The van der Waals surface area contributed by atoms with Gasteiger partial charge in [0, 0.05) is 19.1 Å². The number of amides is 1. The number of carbonyl (C=O) groups is 1. The molecule has 1 amide bonds. The molecule has 1 aromatic rings. The van der Waals surface area contributed by atoms with E-state index in [1.54, 1.807) is 0 Å². The molecule has 1 unspecified atom stereocenters. The standard InChI is InChI=1S/C14H24N4OS/c1-9(2)8-10(3)16-13(19)11-12(15)17-14(20-11)18-6-4-5-7-18/h9-10H,4-8,15H2,1-3H3,(H,16,19). The molecule has 0 saturated carbocycles. The molecule has 20 heavy (non-hydrogen) atoms. The van der Waals surface area contributed by atoms with Crippen molar-refractivity contribution in [2.75, 3.05) is 23.7 Å². The molecular weight excluding hydrogens is 272 g/mol. The van der Waals surface area contributed by atoms with Crippen molar-refractivity contribution in [3.8, 4) is 0 Å². The van der Waals surface area contributed by atoms with E-state index in [9.17, 15) is 4.79 Å². The van der Waals surface area contributed by atoms with Crippen LogP contribution in [0.5, 0.6) is 0 Å². The maximum absolute atomic E-state index is 12.2. The average molecular weight is 296 g/mol. The number of hydrogen-bond acceptors (Lipinski definition) is 5. The van der Waals surface area contributed by atoms with Crippen molar-refractivity contribution in [2.45, 2.75) is 46.1 Å². The van der Waals surface area contributed by atoms with Gasteiger partial charge in [0.05, 0.1) is 0 Å². The smallest absolute Gasteiger partial charge is 0.265 e. The van der Waals surface area contributed by atoms with Crippen molar-refractivity contribution < 1.29 is 4.79 Å². The van der Waals surface area contributed by atoms with Crippen LogP contribution in [0.4, 0.5) is 10.9 Å². The first kappa shape index (κ1) is 15.1. The van der Waals surface area contributed by atoms with Gasteiger partial charge in [0.25, 0.3) is 5.91 Å². The van der Waals surface area contributed by atoms with Crippen LogP contribution in [0.25, 0.3) is 0 Å². The highest BCUT2D eigenvalue weighted by molar-refractivity contribution is 7.18. The molecule has 1 fully saturated rings. The van der Waals surface area contributed by atoms with Gasteiger partial charge < -0.3 is 16.0 Å². The Hall–Kier alpha value is -1.30. The van der Waals surface area contributed by atoms with E-state index < -0.39 is 0 Å². The van der Waals surface area contributed by atoms with Crippen LogP contribution in [-0.2, 0) is 0 Å². The van der Waals surface area contributed by atoms with Gasteiger partial charge in [-0.25, -0.2) is 4.98 Å². The Morgan fingerprint density at radius 2 is 2.05 bits per heavy atom. The monoisotopic (exact) mass is 296 g/mol. The largest absolute Gasteiger partial charge is 0.382 e. The molecule has 0 radical (unpaired) electrons. The summed E-state index contributed by atoms with van der Waals surface area (Å²) < 4.78 is 0. The molecule has 0 aromatic carbocycles. The molecule has 2 heterocycles. The van der Waals surface area contributed by atoms with Crippen LogP contribution < -0.4 is 16.0 Å². The molecule has 1 aromatic heterocycles. The molecule has 5 nitrogen and oxygen atoms in total. The first-order valence-corrected chi connectivity index (χ1v) is 8.11. The van der Waals surface area contributed by atoms with Gasteiger partial charge in [-0.05, 0) is 32.1 Å². The van der Waals surface area contributed by atoms with Gasteiger partial charge in [-0.3, -0.25) is 4.79 Å². The van der Waals surface area contributed by atoms with Crippen LogP contribution in [0.15, 0.2) is 0 Å². The van der Waals surface area contributed by atoms with E-state index >= 15 is 0 Å². The lowest BCUT2D eigenvalue weighted by molar-refractivity contribution is 0.0941. The molecule has 0 bridgehead atoms. The number of nitrogen functional groups attached to an aromatic ring is 1. The highest BCUT2D eigenvalue weighted by atomic mass is 32.1. The first-order chi connectivity index (χ1) is 9.47. The van der Waals surface area contributed by atoms with Crippen LogP contribution in [0.1, 0.15) is 49.7 Å². The highest BCUT2D eigenvalue weighted by Crippen LogP contribution is 2.30. The Kier molecular flexibility index (Phi) is 4.86. The summed E-state index contributed by atoms with van der Waals surface area (Å²) in [4.78, 5) is 19.3. The Morgan fingerprint density at radius 1 is 1.40 bits per heavy atom. The van der Waals surface area contributed by atoms with Gasteiger partial charge in [-0.2, -0.15) is 0 Å². The zero-order chi connectivity index (χ0) is 14.7. The van der Waals surface area contributed by atoms with Gasteiger partial charge in [-0.15, -0.1) is 0 Å². The summed E-state index contributed by atoms with van der Waals surface area (Å²) in [5.74, 6) is 0.814. The summed E-state index contributed by atoms with van der Waals surface area (Å²) in [6, 6.07) is 0.152. The molecule has 1 aliphatic rings. The van der Waals surface area contributed by atoms with E-state index in [1.807, 2.05) is 6.92 Å². The molecule has 0 spiro atoms. The number of rotatable bonds is 5. The molecule has 1 atom stereocenters. The molecule has 1 aliphatic heterocycles. The fourth-order valence-electron chi connectivity index (χ4n) is 2.58.